The molecular formula is C19H19N3O3. The molecule has 128 valence electrons. The van der Waals surface area contributed by atoms with E-state index in [4.69, 9.17) is 0 Å². The molecule has 2 aromatic rings. The molecule has 4 N–H and O–H groups in total. The van der Waals surface area contributed by atoms with Crippen LogP contribution in [0.5, 0.6) is 5.75 Å². The number of amides is 3. The van der Waals surface area contributed by atoms with Crippen molar-refractivity contribution >= 4 is 17.6 Å². The van der Waals surface area contributed by atoms with Crippen LogP contribution in [-0.4, -0.2) is 17.0 Å². The van der Waals surface area contributed by atoms with Crippen LogP contribution in [-0.2, 0) is 4.79 Å². The van der Waals surface area contributed by atoms with E-state index in [-0.39, 0.29) is 17.7 Å². The van der Waals surface area contributed by atoms with Crippen molar-refractivity contribution in [3.8, 4) is 5.75 Å². The second-order valence-electron chi connectivity index (χ2n) is 5.99. The number of allylic oxidation sites excluding steroid dienone is 1. The molecule has 1 heterocycles. The summed E-state index contributed by atoms with van der Waals surface area (Å²) in [7, 11) is 0. The molecule has 0 bridgehead atoms. The van der Waals surface area contributed by atoms with Gasteiger partial charge >= 0.3 is 6.03 Å². The molecule has 0 unspecified atom stereocenters. The summed E-state index contributed by atoms with van der Waals surface area (Å²) in [5.41, 5.74) is 3.35. The Labute approximate surface area is 145 Å². The summed E-state index contributed by atoms with van der Waals surface area (Å²) in [5.74, 6) is -0.177. The Hall–Kier alpha value is -3.28. The maximum absolute atomic E-state index is 12.8. The van der Waals surface area contributed by atoms with Crippen LogP contribution in [0.4, 0.5) is 10.5 Å². The number of carbonyl (C=O) groups is 2. The predicted octanol–water partition coefficient (Wildman–Crippen LogP) is 2.97. The molecule has 0 spiro atoms. The lowest BCUT2D eigenvalue weighted by Crippen LogP contribution is -2.45. The van der Waals surface area contributed by atoms with E-state index in [0.717, 1.165) is 5.56 Å². The molecule has 0 fully saturated rings. The highest BCUT2D eigenvalue weighted by molar-refractivity contribution is 6.06. The number of hydrogen-bond acceptors (Lipinski definition) is 3. The number of aryl methyl sites for hydroxylation is 1. The number of anilines is 1. The van der Waals surface area contributed by atoms with Crippen molar-refractivity contribution in [1.82, 2.24) is 10.6 Å². The average molecular weight is 337 g/mol. The summed E-state index contributed by atoms with van der Waals surface area (Å²) in [5, 5.41) is 17.7. The fourth-order valence-corrected chi connectivity index (χ4v) is 2.83. The molecule has 1 aliphatic heterocycles. The molecule has 2 aromatic carbocycles. The number of nitrogens with one attached hydrogen (secondary N) is 3. The molecule has 0 saturated carbocycles. The van der Waals surface area contributed by atoms with Gasteiger partial charge in [0.2, 0.25) is 0 Å². The van der Waals surface area contributed by atoms with Gasteiger partial charge in [-0.2, -0.15) is 0 Å². The van der Waals surface area contributed by atoms with Crippen LogP contribution < -0.4 is 16.0 Å². The summed E-state index contributed by atoms with van der Waals surface area (Å²) in [4.78, 5) is 24.7. The van der Waals surface area contributed by atoms with Crippen LogP contribution in [0.15, 0.2) is 59.8 Å². The van der Waals surface area contributed by atoms with Gasteiger partial charge in [0.1, 0.15) is 5.75 Å². The first kappa shape index (κ1) is 16.6. The number of phenolic OH excluding ortho intramolecular Hbond substituents is 1. The number of phenols is 1. The summed E-state index contributed by atoms with van der Waals surface area (Å²) in [6, 6.07) is 12.9. The minimum Gasteiger partial charge on any atom is -0.508 e. The van der Waals surface area contributed by atoms with Gasteiger partial charge in [-0.25, -0.2) is 4.79 Å². The number of rotatable bonds is 3. The molecule has 1 atom stereocenters. The van der Waals surface area contributed by atoms with Crippen LogP contribution in [0.25, 0.3) is 0 Å². The van der Waals surface area contributed by atoms with E-state index in [1.54, 1.807) is 19.1 Å². The maximum atomic E-state index is 12.8. The van der Waals surface area contributed by atoms with E-state index in [0.29, 0.717) is 22.5 Å². The topological polar surface area (TPSA) is 90.5 Å². The van der Waals surface area contributed by atoms with Gasteiger partial charge in [0, 0.05) is 11.4 Å². The summed E-state index contributed by atoms with van der Waals surface area (Å²) in [6.45, 7) is 3.64. The molecule has 6 heteroatoms. The second kappa shape index (κ2) is 6.68. The van der Waals surface area contributed by atoms with E-state index in [2.05, 4.69) is 16.0 Å². The van der Waals surface area contributed by atoms with E-state index < -0.39 is 6.04 Å². The molecule has 6 nitrogen and oxygen atoms in total. The average Bonchev–Trinajstić information content (AvgIpc) is 2.54. The summed E-state index contributed by atoms with van der Waals surface area (Å²) >= 11 is 0. The molecule has 0 radical (unpaired) electrons. The molecule has 25 heavy (non-hydrogen) atoms. The van der Waals surface area contributed by atoms with Crippen LogP contribution >= 0.6 is 0 Å². The van der Waals surface area contributed by atoms with Crippen LogP contribution in [0, 0.1) is 6.92 Å². The number of benzene rings is 2. The molecule has 0 aliphatic carbocycles. The molecule has 0 aromatic heterocycles. The Morgan fingerprint density at radius 3 is 2.52 bits per heavy atom. The number of hydrogen-bond donors (Lipinski definition) is 4. The first-order valence-corrected chi connectivity index (χ1v) is 7.89. The first-order chi connectivity index (χ1) is 11.9. The minimum atomic E-state index is -0.598. The Bertz CT molecular complexity index is 856. The highest BCUT2D eigenvalue weighted by Gasteiger charge is 2.31. The van der Waals surface area contributed by atoms with E-state index in [1.165, 1.54) is 12.1 Å². The summed E-state index contributed by atoms with van der Waals surface area (Å²) < 4.78 is 0. The number of urea groups is 1. The number of carbonyl (C=O) groups excluding carboxylic acids is 2. The number of aromatic hydroxyl groups is 1. The highest BCUT2D eigenvalue weighted by Crippen LogP contribution is 2.28. The summed E-state index contributed by atoms with van der Waals surface area (Å²) in [6.07, 6.45) is 0. The quantitative estimate of drug-likeness (QED) is 0.694. The highest BCUT2D eigenvalue weighted by atomic mass is 16.3. The molecule has 3 amide bonds. The standard InChI is InChI=1S/C19H19N3O3/c1-11-4-3-5-14(10-11)21-18(24)16-12(2)20-19(25)22-17(16)13-6-8-15(23)9-7-13/h3-10,17,23H,1-2H3,(H,21,24)(H2,20,22,25)/t17-/m1/s1. The Kier molecular flexibility index (Phi) is 4.43. The van der Waals surface area contributed by atoms with Crippen molar-refractivity contribution in [2.24, 2.45) is 0 Å². The van der Waals surface area contributed by atoms with Gasteiger partial charge in [-0.05, 0) is 49.2 Å². The SMILES string of the molecule is CC1=C(C(=O)Nc2cccc(C)c2)[C@@H](c2ccc(O)cc2)NC(=O)N1. The third-order valence-electron chi connectivity index (χ3n) is 4.02. The molecule has 1 aliphatic rings. The molecule has 3 rings (SSSR count). The van der Waals surface area contributed by atoms with Crippen LogP contribution in [0.2, 0.25) is 0 Å². The predicted molar refractivity (Wildman–Crippen MR) is 95.0 cm³/mol. The zero-order valence-electron chi connectivity index (χ0n) is 14.0. The Balaban J connectivity index is 1.94. The normalized spacial score (nSPS) is 16.9. The largest absolute Gasteiger partial charge is 0.508 e. The van der Waals surface area contributed by atoms with Crippen molar-refractivity contribution in [2.75, 3.05) is 5.32 Å². The Morgan fingerprint density at radius 2 is 1.84 bits per heavy atom. The Morgan fingerprint density at radius 1 is 1.12 bits per heavy atom. The second-order valence-corrected chi connectivity index (χ2v) is 5.99. The maximum Gasteiger partial charge on any atom is 0.319 e. The van der Waals surface area contributed by atoms with Gasteiger partial charge in [-0.1, -0.05) is 24.3 Å². The third-order valence-corrected chi connectivity index (χ3v) is 4.02. The van der Waals surface area contributed by atoms with Gasteiger partial charge in [-0.15, -0.1) is 0 Å². The van der Waals surface area contributed by atoms with E-state index in [9.17, 15) is 14.7 Å². The monoisotopic (exact) mass is 337 g/mol. The lowest BCUT2D eigenvalue weighted by Gasteiger charge is -2.28. The minimum absolute atomic E-state index is 0.121. The van der Waals surface area contributed by atoms with Crippen molar-refractivity contribution < 1.29 is 14.7 Å². The van der Waals surface area contributed by atoms with Crippen molar-refractivity contribution in [3.63, 3.8) is 0 Å². The van der Waals surface area contributed by atoms with Gasteiger partial charge in [-0.3, -0.25) is 4.79 Å². The molecule has 0 saturated heterocycles. The van der Waals surface area contributed by atoms with E-state index in [1.807, 2.05) is 31.2 Å². The van der Waals surface area contributed by atoms with Gasteiger partial charge in [0.25, 0.3) is 5.91 Å². The van der Waals surface area contributed by atoms with E-state index >= 15 is 0 Å². The van der Waals surface area contributed by atoms with Crippen molar-refractivity contribution in [3.05, 3.63) is 70.9 Å². The zero-order valence-corrected chi connectivity index (χ0v) is 14.0. The van der Waals surface area contributed by atoms with Crippen molar-refractivity contribution in [1.29, 1.82) is 0 Å². The third kappa shape index (κ3) is 3.63. The molecular weight excluding hydrogens is 318 g/mol. The zero-order chi connectivity index (χ0) is 18.0. The van der Waals surface area contributed by atoms with Gasteiger partial charge in [0.15, 0.2) is 0 Å². The van der Waals surface area contributed by atoms with Gasteiger partial charge < -0.3 is 21.1 Å². The lowest BCUT2D eigenvalue weighted by atomic mass is 9.94. The lowest BCUT2D eigenvalue weighted by molar-refractivity contribution is -0.113. The van der Waals surface area contributed by atoms with Gasteiger partial charge in [0.05, 0.1) is 11.6 Å². The first-order valence-electron chi connectivity index (χ1n) is 7.89. The fraction of sp³-hybridized carbons (Fsp3) is 0.158. The fourth-order valence-electron chi connectivity index (χ4n) is 2.83. The van der Waals surface area contributed by atoms with Crippen LogP contribution in [0.3, 0.4) is 0 Å². The van der Waals surface area contributed by atoms with Crippen LogP contribution in [0.1, 0.15) is 24.1 Å². The van der Waals surface area contributed by atoms with Crippen molar-refractivity contribution in [2.45, 2.75) is 19.9 Å². The smallest absolute Gasteiger partial charge is 0.319 e.